The van der Waals surface area contributed by atoms with Gasteiger partial charge in [-0.05, 0) is 31.6 Å². The average Bonchev–Trinajstić information content (AvgIpc) is 3.02. The van der Waals surface area contributed by atoms with E-state index in [1.165, 1.54) is 0 Å². The van der Waals surface area contributed by atoms with Gasteiger partial charge in [-0.25, -0.2) is 0 Å². The van der Waals surface area contributed by atoms with Gasteiger partial charge in [0.25, 0.3) is 0 Å². The Balaban J connectivity index is 1.47. The van der Waals surface area contributed by atoms with Crippen molar-refractivity contribution in [2.45, 2.75) is 39.2 Å². The molecule has 24 heavy (non-hydrogen) atoms. The molecule has 2 aliphatic heterocycles. The Morgan fingerprint density at radius 3 is 2.62 bits per heavy atom. The molecule has 1 aromatic rings. The summed E-state index contributed by atoms with van der Waals surface area (Å²) >= 11 is 0. The largest absolute Gasteiger partial charge is 0.381 e. The van der Waals surface area contributed by atoms with Gasteiger partial charge in [-0.1, -0.05) is 0 Å². The molecule has 0 atom stereocenters. The van der Waals surface area contributed by atoms with Gasteiger partial charge in [-0.15, -0.1) is 0 Å². The van der Waals surface area contributed by atoms with Gasteiger partial charge in [0.05, 0.1) is 11.9 Å². The third-order valence-electron chi connectivity index (χ3n) is 5.00. The first-order valence-electron chi connectivity index (χ1n) is 8.78. The van der Waals surface area contributed by atoms with Crippen molar-refractivity contribution in [2.75, 3.05) is 31.6 Å². The van der Waals surface area contributed by atoms with Crippen LogP contribution in [0.4, 0.5) is 5.69 Å². The fraction of sp³-hybridized carbons (Fsp3) is 0.706. The lowest BCUT2D eigenvalue weighted by molar-refractivity contribution is -0.132. The normalized spacial score (nSPS) is 20.1. The van der Waals surface area contributed by atoms with Crippen LogP contribution in [0.1, 0.15) is 32.6 Å². The number of hydrogen-bond acceptors (Lipinski definition) is 4. The molecular weight excluding hydrogens is 308 g/mol. The number of aromatic nitrogens is 2. The second kappa shape index (κ2) is 7.79. The monoisotopic (exact) mass is 334 g/mol. The Labute approximate surface area is 142 Å². The fourth-order valence-corrected chi connectivity index (χ4v) is 3.42. The van der Waals surface area contributed by atoms with Crippen molar-refractivity contribution >= 4 is 17.5 Å². The van der Waals surface area contributed by atoms with Gasteiger partial charge in [0.1, 0.15) is 0 Å². The Bertz CT molecular complexity index is 572. The molecule has 7 heteroatoms. The smallest absolute Gasteiger partial charge is 0.227 e. The van der Waals surface area contributed by atoms with Crippen molar-refractivity contribution in [3.8, 4) is 0 Å². The molecule has 0 bridgehead atoms. The van der Waals surface area contributed by atoms with Crippen LogP contribution in [0.2, 0.25) is 0 Å². The summed E-state index contributed by atoms with van der Waals surface area (Å²) in [6.07, 6.45) is 7.19. The highest BCUT2D eigenvalue weighted by molar-refractivity contribution is 5.92. The number of carbonyl (C=O) groups is 2. The molecule has 1 N–H and O–H groups in total. The summed E-state index contributed by atoms with van der Waals surface area (Å²) in [4.78, 5) is 25.5. The van der Waals surface area contributed by atoms with E-state index < -0.39 is 0 Å². The second-order valence-electron chi connectivity index (χ2n) is 6.78. The third kappa shape index (κ3) is 4.35. The van der Waals surface area contributed by atoms with Gasteiger partial charge in [-0.2, -0.15) is 5.10 Å². The molecule has 3 heterocycles. The van der Waals surface area contributed by atoms with Crippen molar-refractivity contribution < 1.29 is 14.3 Å². The van der Waals surface area contributed by atoms with Crippen LogP contribution in [0.3, 0.4) is 0 Å². The zero-order valence-corrected chi connectivity index (χ0v) is 14.2. The Morgan fingerprint density at radius 1 is 1.25 bits per heavy atom. The lowest BCUT2D eigenvalue weighted by Crippen LogP contribution is -2.40. The van der Waals surface area contributed by atoms with E-state index in [0.717, 1.165) is 51.1 Å². The fourth-order valence-electron chi connectivity index (χ4n) is 3.42. The van der Waals surface area contributed by atoms with Crippen LogP contribution >= 0.6 is 0 Å². The predicted octanol–water partition coefficient (Wildman–Crippen LogP) is 1.51. The zero-order valence-electron chi connectivity index (χ0n) is 14.2. The first-order valence-corrected chi connectivity index (χ1v) is 8.78. The third-order valence-corrected chi connectivity index (χ3v) is 5.00. The van der Waals surface area contributed by atoms with Gasteiger partial charge in [-0.3, -0.25) is 14.3 Å². The van der Waals surface area contributed by atoms with E-state index in [0.29, 0.717) is 19.0 Å². The topological polar surface area (TPSA) is 76.5 Å². The van der Waals surface area contributed by atoms with Crippen molar-refractivity contribution in [3.63, 3.8) is 0 Å². The van der Waals surface area contributed by atoms with Crippen molar-refractivity contribution in [3.05, 3.63) is 12.4 Å². The molecule has 2 aliphatic rings. The Morgan fingerprint density at radius 2 is 1.96 bits per heavy atom. The minimum atomic E-state index is -0.0283. The summed E-state index contributed by atoms with van der Waals surface area (Å²) in [6, 6.07) is 0. The lowest BCUT2D eigenvalue weighted by Gasteiger charge is -2.30. The molecule has 0 aromatic carbocycles. The molecule has 2 amide bonds. The van der Waals surface area contributed by atoms with Crippen LogP contribution < -0.4 is 5.32 Å². The molecule has 1 aromatic heterocycles. The van der Waals surface area contributed by atoms with E-state index in [9.17, 15) is 9.59 Å². The van der Waals surface area contributed by atoms with Crippen LogP contribution in [-0.2, 0) is 20.9 Å². The predicted molar refractivity (Wildman–Crippen MR) is 89.4 cm³/mol. The summed E-state index contributed by atoms with van der Waals surface area (Å²) in [7, 11) is 0. The summed E-state index contributed by atoms with van der Waals surface area (Å²) in [6.45, 7) is 5.43. The molecule has 0 aliphatic carbocycles. The van der Waals surface area contributed by atoms with Gasteiger partial charge in [0.2, 0.25) is 11.8 Å². The van der Waals surface area contributed by atoms with Crippen LogP contribution in [0.25, 0.3) is 0 Å². The maximum absolute atomic E-state index is 12.4. The van der Waals surface area contributed by atoms with Gasteiger partial charge < -0.3 is 15.0 Å². The van der Waals surface area contributed by atoms with E-state index in [2.05, 4.69) is 10.4 Å². The van der Waals surface area contributed by atoms with Gasteiger partial charge >= 0.3 is 0 Å². The van der Waals surface area contributed by atoms with E-state index in [-0.39, 0.29) is 17.7 Å². The maximum Gasteiger partial charge on any atom is 0.227 e. The number of nitrogens with one attached hydrogen (secondary N) is 1. The van der Waals surface area contributed by atoms with Gasteiger partial charge in [0.15, 0.2) is 0 Å². The van der Waals surface area contributed by atoms with Crippen molar-refractivity contribution in [2.24, 2.45) is 11.8 Å². The van der Waals surface area contributed by atoms with E-state index in [1.807, 2.05) is 10.9 Å². The number of carbonyl (C=O) groups excluding carboxylic acids is 2. The molecule has 0 unspecified atom stereocenters. The second-order valence-corrected chi connectivity index (χ2v) is 6.78. The molecule has 132 valence electrons. The van der Waals surface area contributed by atoms with Crippen LogP contribution in [0.15, 0.2) is 12.4 Å². The van der Waals surface area contributed by atoms with Crippen LogP contribution in [0.5, 0.6) is 0 Å². The highest BCUT2D eigenvalue weighted by atomic mass is 16.5. The summed E-state index contributed by atoms with van der Waals surface area (Å²) < 4.78 is 7.28. The van der Waals surface area contributed by atoms with E-state index in [1.54, 1.807) is 18.0 Å². The zero-order chi connectivity index (χ0) is 16.9. The van der Waals surface area contributed by atoms with Crippen molar-refractivity contribution in [1.29, 1.82) is 0 Å². The van der Waals surface area contributed by atoms with E-state index in [4.69, 9.17) is 4.74 Å². The number of amides is 2. The molecule has 2 fully saturated rings. The first-order chi connectivity index (χ1) is 11.6. The molecular formula is C17H26N4O3. The molecule has 3 rings (SSSR count). The number of rotatable bonds is 4. The number of likely N-dealkylation sites (tertiary alicyclic amines) is 1. The highest BCUT2D eigenvalue weighted by Gasteiger charge is 2.26. The Hall–Kier alpha value is -1.89. The summed E-state index contributed by atoms with van der Waals surface area (Å²) in [5.41, 5.74) is 0.751. The number of nitrogens with zero attached hydrogens (tertiary/aromatic N) is 3. The lowest BCUT2D eigenvalue weighted by atomic mass is 9.96. The van der Waals surface area contributed by atoms with Crippen molar-refractivity contribution in [1.82, 2.24) is 14.7 Å². The molecule has 0 saturated carbocycles. The highest BCUT2D eigenvalue weighted by Crippen LogP contribution is 2.20. The van der Waals surface area contributed by atoms with Crippen LogP contribution in [-0.4, -0.2) is 52.8 Å². The SMILES string of the molecule is CC(=O)N1CCC(C(=O)Nc2cnn(CC3CCOCC3)c2)CC1. The molecule has 7 nitrogen and oxygen atoms in total. The number of anilines is 1. The number of ether oxygens (including phenoxy) is 1. The quantitative estimate of drug-likeness (QED) is 0.905. The maximum atomic E-state index is 12.4. The standard InChI is InChI=1S/C17H26N4O3/c1-13(22)20-6-2-15(3-7-20)17(23)19-16-10-18-21(12-16)11-14-4-8-24-9-5-14/h10,12,14-15H,2-9,11H2,1H3,(H,19,23). The first kappa shape index (κ1) is 17.0. The minimum absolute atomic E-state index is 0.0283. The van der Waals surface area contributed by atoms with Crippen LogP contribution in [0, 0.1) is 11.8 Å². The average molecular weight is 334 g/mol. The number of piperidine rings is 1. The van der Waals surface area contributed by atoms with Gasteiger partial charge in [0, 0.05) is 51.9 Å². The molecule has 0 spiro atoms. The summed E-state index contributed by atoms with van der Waals surface area (Å²) in [5, 5.41) is 7.31. The molecule has 2 saturated heterocycles. The minimum Gasteiger partial charge on any atom is -0.381 e. The summed E-state index contributed by atoms with van der Waals surface area (Å²) in [5.74, 6) is 0.685. The molecule has 0 radical (unpaired) electrons. The number of hydrogen-bond donors (Lipinski definition) is 1. The van der Waals surface area contributed by atoms with E-state index >= 15 is 0 Å². The Kier molecular flexibility index (Phi) is 5.50.